The van der Waals surface area contributed by atoms with Crippen LogP contribution in [0.25, 0.3) is 0 Å². The molecule has 120 valence electrons. The topological polar surface area (TPSA) is 67.4 Å². The highest BCUT2D eigenvalue weighted by atomic mass is 79.9. The Morgan fingerprint density at radius 1 is 1.13 bits per heavy atom. The number of amides is 2. The van der Waals surface area contributed by atoms with Crippen LogP contribution < -0.4 is 15.4 Å². The van der Waals surface area contributed by atoms with Gasteiger partial charge >= 0.3 is 12.0 Å². The number of nitrogens with one attached hydrogen (secondary N) is 2. The van der Waals surface area contributed by atoms with Crippen molar-refractivity contribution in [3.05, 3.63) is 58.6 Å². The van der Waals surface area contributed by atoms with E-state index in [2.05, 4.69) is 26.6 Å². The van der Waals surface area contributed by atoms with Gasteiger partial charge in [0.05, 0.1) is 0 Å². The number of carbonyl (C=O) groups excluding carboxylic acids is 2. The first-order chi connectivity index (χ1) is 11.0. The summed E-state index contributed by atoms with van der Waals surface area (Å²) in [6, 6.07) is 14.3. The molecule has 0 saturated carbocycles. The van der Waals surface area contributed by atoms with Crippen LogP contribution in [0.3, 0.4) is 0 Å². The molecule has 2 rings (SSSR count). The third-order valence-electron chi connectivity index (χ3n) is 2.94. The van der Waals surface area contributed by atoms with E-state index >= 15 is 0 Å². The molecule has 2 N–H and O–H groups in total. The van der Waals surface area contributed by atoms with E-state index in [-0.39, 0.29) is 6.03 Å². The third kappa shape index (κ3) is 6.12. The van der Waals surface area contributed by atoms with E-state index in [9.17, 15) is 9.59 Å². The number of ether oxygens (including phenoxy) is 1. The van der Waals surface area contributed by atoms with Gasteiger partial charge in [-0.2, -0.15) is 0 Å². The van der Waals surface area contributed by atoms with Crippen molar-refractivity contribution in [1.29, 1.82) is 0 Å². The predicted molar refractivity (Wildman–Crippen MR) is 92.6 cm³/mol. The number of halogens is 1. The minimum atomic E-state index is -0.402. The molecule has 0 saturated heterocycles. The molecule has 0 bridgehead atoms. The van der Waals surface area contributed by atoms with Crippen molar-refractivity contribution in [2.24, 2.45) is 0 Å². The SMILES string of the molecule is CC(=O)Oc1cccc(NC(=O)NCCc2cccc(Br)c2)c1. The quantitative estimate of drug-likeness (QED) is 0.616. The first-order valence-corrected chi connectivity index (χ1v) is 7.90. The molecule has 2 amide bonds. The average molecular weight is 377 g/mol. The molecule has 23 heavy (non-hydrogen) atoms. The molecule has 0 aliphatic heterocycles. The van der Waals surface area contributed by atoms with Gasteiger partial charge in [-0.25, -0.2) is 4.79 Å². The van der Waals surface area contributed by atoms with Crippen LogP contribution in [-0.2, 0) is 11.2 Å². The van der Waals surface area contributed by atoms with Crippen LogP contribution >= 0.6 is 15.9 Å². The van der Waals surface area contributed by atoms with Crippen molar-refractivity contribution < 1.29 is 14.3 Å². The molecule has 0 atom stereocenters. The first-order valence-electron chi connectivity index (χ1n) is 7.11. The predicted octanol–water partition coefficient (Wildman–Crippen LogP) is 3.74. The molecule has 6 heteroatoms. The Labute approximate surface area is 143 Å². The summed E-state index contributed by atoms with van der Waals surface area (Å²) >= 11 is 3.42. The number of benzene rings is 2. The van der Waals surface area contributed by atoms with Gasteiger partial charge < -0.3 is 15.4 Å². The van der Waals surface area contributed by atoms with Gasteiger partial charge in [-0.15, -0.1) is 0 Å². The number of esters is 1. The van der Waals surface area contributed by atoms with Gasteiger partial charge in [0.2, 0.25) is 0 Å². The van der Waals surface area contributed by atoms with Gasteiger partial charge in [0.15, 0.2) is 0 Å². The van der Waals surface area contributed by atoms with E-state index in [4.69, 9.17) is 4.74 Å². The van der Waals surface area contributed by atoms with Crippen molar-refractivity contribution in [3.8, 4) is 5.75 Å². The lowest BCUT2D eigenvalue weighted by Gasteiger charge is -2.09. The number of urea groups is 1. The summed E-state index contributed by atoms with van der Waals surface area (Å²) in [5, 5.41) is 5.49. The molecule has 0 spiro atoms. The average Bonchev–Trinajstić information content (AvgIpc) is 2.47. The highest BCUT2D eigenvalue weighted by Gasteiger charge is 2.04. The Kier molecular flexibility index (Phi) is 6.17. The number of hydrogen-bond donors (Lipinski definition) is 2. The van der Waals surface area contributed by atoms with Gasteiger partial charge in [-0.05, 0) is 36.2 Å². The fourth-order valence-electron chi connectivity index (χ4n) is 1.99. The Bertz CT molecular complexity index is 704. The van der Waals surface area contributed by atoms with Gasteiger partial charge in [0.1, 0.15) is 5.75 Å². The molecule has 0 radical (unpaired) electrons. The maximum absolute atomic E-state index is 11.9. The third-order valence-corrected chi connectivity index (χ3v) is 3.43. The van der Waals surface area contributed by atoms with Crippen molar-refractivity contribution in [3.63, 3.8) is 0 Å². The Hall–Kier alpha value is -2.34. The Morgan fingerprint density at radius 2 is 1.91 bits per heavy atom. The monoisotopic (exact) mass is 376 g/mol. The fourth-order valence-corrected chi connectivity index (χ4v) is 2.44. The molecule has 0 fully saturated rings. The molecule has 0 unspecified atom stereocenters. The summed E-state index contributed by atoms with van der Waals surface area (Å²) < 4.78 is 5.99. The maximum Gasteiger partial charge on any atom is 0.319 e. The fraction of sp³-hybridized carbons (Fsp3) is 0.176. The van der Waals surface area contributed by atoms with Gasteiger partial charge in [0.25, 0.3) is 0 Å². The number of hydrogen-bond acceptors (Lipinski definition) is 3. The van der Waals surface area contributed by atoms with Gasteiger partial charge in [0, 0.05) is 29.7 Å². The first kappa shape index (κ1) is 17.0. The van der Waals surface area contributed by atoms with Crippen LogP contribution in [0.1, 0.15) is 12.5 Å². The van der Waals surface area contributed by atoms with Gasteiger partial charge in [-0.1, -0.05) is 34.1 Å². The van der Waals surface area contributed by atoms with Crippen molar-refractivity contribution in [2.45, 2.75) is 13.3 Å². The van der Waals surface area contributed by atoms with Crippen LogP contribution in [0.2, 0.25) is 0 Å². The highest BCUT2D eigenvalue weighted by Crippen LogP contribution is 2.17. The molecule has 0 aliphatic rings. The van der Waals surface area contributed by atoms with E-state index in [0.717, 1.165) is 16.5 Å². The highest BCUT2D eigenvalue weighted by molar-refractivity contribution is 9.10. The second-order valence-corrected chi connectivity index (χ2v) is 5.80. The van der Waals surface area contributed by atoms with Crippen LogP contribution in [0.15, 0.2) is 53.0 Å². The molecule has 2 aromatic rings. The summed E-state index contributed by atoms with van der Waals surface area (Å²) in [5.41, 5.74) is 1.69. The van der Waals surface area contributed by atoms with Crippen LogP contribution in [0, 0.1) is 0 Å². The summed E-state index contributed by atoms with van der Waals surface area (Å²) in [4.78, 5) is 22.8. The zero-order valence-corrected chi connectivity index (χ0v) is 14.2. The largest absolute Gasteiger partial charge is 0.427 e. The minimum absolute atomic E-state index is 0.306. The summed E-state index contributed by atoms with van der Waals surface area (Å²) in [7, 11) is 0. The number of rotatable bonds is 5. The molecular weight excluding hydrogens is 360 g/mol. The van der Waals surface area contributed by atoms with Crippen molar-refractivity contribution >= 4 is 33.6 Å². The van der Waals surface area contributed by atoms with Crippen molar-refractivity contribution in [2.75, 3.05) is 11.9 Å². The molecule has 0 heterocycles. The molecular formula is C17H17BrN2O3. The normalized spacial score (nSPS) is 10.0. The summed E-state index contributed by atoms with van der Waals surface area (Å²) in [5.74, 6) is -0.00920. The Morgan fingerprint density at radius 3 is 2.65 bits per heavy atom. The standard InChI is InChI=1S/C17H17BrN2O3/c1-12(21)23-16-7-3-6-15(11-16)20-17(22)19-9-8-13-4-2-5-14(18)10-13/h2-7,10-11H,8-9H2,1H3,(H2,19,20,22). The minimum Gasteiger partial charge on any atom is -0.427 e. The lowest BCUT2D eigenvalue weighted by molar-refractivity contribution is -0.131. The lowest BCUT2D eigenvalue weighted by atomic mass is 10.1. The van der Waals surface area contributed by atoms with E-state index in [1.807, 2.05) is 24.3 Å². The number of carbonyl (C=O) groups is 2. The van der Waals surface area contributed by atoms with E-state index in [0.29, 0.717) is 18.0 Å². The van der Waals surface area contributed by atoms with Crippen molar-refractivity contribution in [1.82, 2.24) is 5.32 Å². The molecule has 2 aromatic carbocycles. The van der Waals surface area contributed by atoms with Gasteiger partial charge in [-0.3, -0.25) is 4.79 Å². The van der Waals surface area contributed by atoms with Crippen LogP contribution in [0.5, 0.6) is 5.75 Å². The molecule has 0 aliphatic carbocycles. The summed E-state index contributed by atoms with van der Waals surface area (Å²) in [6.07, 6.45) is 0.736. The maximum atomic E-state index is 11.9. The molecule has 5 nitrogen and oxygen atoms in total. The molecule has 0 aromatic heterocycles. The van der Waals surface area contributed by atoms with E-state index in [1.54, 1.807) is 24.3 Å². The Balaban J connectivity index is 1.81. The van der Waals surface area contributed by atoms with E-state index < -0.39 is 5.97 Å². The zero-order valence-electron chi connectivity index (χ0n) is 12.6. The van der Waals surface area contributed by atoms with E-state index in [1.165, 1.54) is 6.92 Å². The zero-order chi connectivity index (χ0) is 16.7. The smallest absolute Gasteiger partial charge is 0.319 e. The van der Waals surface area contributed by atoms with Crippen LogP contribution in [0.4, 0.5) is 10.5 Å². The second kappa shape index (κ2) is 8.33. The van der Waals surface area contributed by atoms with Crippen LogP contribution in [-0.4, -0.2) is 18.5 Å². The summed E-state index contributed by atoms with van der Waals surface area (Å²) in [6.45, 7) is 1.85. The second-order valence-electron chi connectivity index (χ2n) is 4.88. The number of anilines is 1. The lowest BCUT2D eigenvalue weighted by Crippen LogP contribution is -2.30.